The van der Waals surface area contributed by atoms with Gasteiger partial charge in [-0.15, -0.1) is 17.4 Å². The molecule has 1 rings (SSSR count). The summed E-state index contributed by atoms with van der Waals surface area (Å²) in [6.45, 7) is 1.86. The van der Waals surface area contributed by atoms with Gasteiger partial charge in [-0.05, 0) is 22.4 Å². The van der Waals surface area contributed by atoms with Crippen molar-refractivity contribution in [2.75, 3.05) is 0 Å². The lowest BCUT2D eigenvalue weighted by Crippen LogP contribution is -2.35. The highest BCUT2D eigenvalue weighted by Crippen LogP contribution is 2.18. The summed E-state index contributed by atoms with van der Waals surface area (Å²) in [4.78, 5) is 0. The average molecular weight is 321 g/mol. The first-order valence-corrected chi connectivity index (χ1v) is 7.21. The molecular formula is C9H13BrN4O2S. The maximum absolute atomic E-state index is 12.1. The molecule has 0 fully saturated rings. The van der Waals surface area contributed by atoms with Crippen molar-refractivity contribution in [2.24, 2.45) is 7.05 Å². The second kappa shape index (κ2) is 5.62. The van der Waals surface area contributed by atoms with Gasteiger partial charge in [-0.25, -0.2) is 17.8 Å². The molecule has 0 amide bonds. The molecule has 0 saturated carbocycles. The summed E-state index contributed by atoms with van der Waals surface area (Å²) in [5.41, 5.74) is 0. The highest BCUT2D eigenvalue weighted by atomic mass is 79.9. The summed E-state index contributed by atoms with van der Waals surface area (Å²) in [5, 5.41) is 7.25. The van der Waals surface area contributed by atoms with Gasteiger partial charge < -0.3 is 0 Å². The normalized spacial score (nSPS) is 13.3. The molecule has 1 atom stereocenters. The number of hydrogen-bond acceptors (Lipinski definition) is 4. The van der Waals surface area contributed by atoms with E-state index in [-0.39, 0.29) is 15.7 Å². The number of sulfonamides is 1. The molecular weight excluding hydrogens is 308 g/mol. The topological polar surface area (TPSA) is 76.9 Å². The van der Waals surface area contributed by atoms with E-state index in [0.717, 1.165) is 0 Å². The Balaban J connectivity index is 3.01. The van der Waals surface area contributed by atoms with E-state index in [9.17, 15) is 8.42 Å². The minimum Gasteiger partial charge on any atom is -0.235 e. The van der Waals surface area contributed by atoms with Crippen LogP contribution in [-0.2, 0) is 17.1 Å². The Morgan fingerprint density at radius 3 is 2.71 bits per heavy atom. The Labute approximate surface area is 109 Å². The van der Waals surface area contributed by atoms with Crippen molar-refractivity contribution < 1.29 is 8.42 Å². The van der Waals surface area contributed by atoms with Crippen molar-refractivity contribution in [2.45, 2.75) is 30.8 Å². The minimum absolute atomic E-state index is 0.00651. The number of hydrogen-bond donors (Lipinski definition) is 1. The van der Waals surface area contributed by atoms with E-state index in [1.165, 1.54) is 11.7 Å². The molecule has 0 aliphatic heterocycles. The molecule has 1 aromatic rings. The molecule has 0 spiro atoms. The van der Waals surface area contributed by atoms with Gasteiger partial charge in [0.25, 0.3) is 10.0 Å². The zero-order chi connectivity index (χ0) is 13.1. The monoisotopic (exact) mass is 320 g/mol. The van der Waals surface area contributed by atoms with E-state index in [1.807, 2.05) is 6.92 Å². The summed E-state index contributed by atoms with van der Waals surface area (Å²) in [7, 11) is -2.16. The first-order valence-electron chi connectivity index (χ1n) is 4.93. The average Bonchev–Trinajstić information content (AvgIpc) is 2.58. The maximum atomic E-state index is 12.1. The number of terminal acetylenes is 1. The van der Waals surface area contributed by atoms with E-state index in [4.69, 9.17) is 6.42 Å². The lowest BCUT2D eigenvalue weighted by molar-refractivity contribution is 0.530. The summed E-state index contributed by atoms with van der Waals surface area (Å²) in [6, 6.07) is -0.285. The van der Waals surface area contributed by atoms with Gasteiger partial charge >= 0.3 is 0 Å². The van der Waals surface area contributed by atoms with Gasteiger partial charge in [-0.1, -0.05) is 12.1 Å². The molecule has 1 N–H and O–H groups in total. The van der Waals surface area contributed by atoms with Gasteiger partial charge in [-0.2, -0.15) is 0 Å². The van der Waals surface area contributed by atoms with Gasteiger partial charge in [0.15, 0.2) is 4.60 Å². The van der Waals surface area contributed by atoms with Crippen LogP contribution < -0.4 is 4.72 Å². The Hall–Kier alpha value is -0.910. The SMILES string of the molecule is C#CCC(CC)NS(=O)(=O)c1c(Br)nnn1C. The number of rotatable bonds is 5. The first kappa shape index (κ1) is 14.2. The van der Waals surface area contributed by atoms with Gasteiger partial charge in [0.1, 0.15) is 0 Å². The van der Waals surface area contributed by atoms with Gasteiger partial charge in [0.05, 0.1) is 0 Å². The summed E-state index contributed by atoms with van der Waals surface area (Å²) in [6.07, 6.45) is 6.14. The van der Waals surface area contributed by atoms with Gasteiger partial charge in [0, 0.05) is 19.5 Å². The molecule has 17 heavy (non-hydrogen) atoms. The van der Waals surface area contributed by atoms with Crippen molar-refractivity contribution in [3.05, 3.63) is 4.60 Å². The summed E-state index contributed by atoms with van der Waals surface area (Å²) < 4.78 is 28.0. The van der Waals surface area contributed by atoms with E-state index < -0.39 is 10.0 Å². The molecule has 0 aliphatic rings. The van der Waals surface area contributed by atoms with Gasteiger partial charge in [0.2, 0.25) is 5.03 Å². The minimum atomic E-state index is -3.67. The highest BCUT2D eigenvalue weighted by Gasteiger charge is 2.25. The molecule has 8 heteroatoms. The van der Waals surface area contributed by atoms with Crippen LogP contribution in [0.2, 0.25) is 0 Å². The number of nitrogens with zero attached hydrogens (tertiary/aromatic N) is 3. The largest absolute Gasteiger partial charge is 0.260 e. The smallest absolute Gasteiger partial charge is 0.235 e. The van der Waals surface area contributed by atoms with Crippen LogP contribution in [0.15, 0.2) is 9.63 Å². The van der Waals surface area contributed by atoms with Crippen LogP contribution in [-0.4, -0.2) is 29.5 Å². The van der Waals surface area contributed by atoms with Crippen LogP contribution in [0.3, 0.4) is 0 Å². The van der Waals surface area contributed by atoms with Crippen LogP contribution in [0.1, 0.15) is 19.8 Å². The van der Waals surface area contributed by atoms with Crippen molar-refractivity contribution in [3.63, 3.8) is 0 Å². The third-order valence-corrected chi connectivity index (χ3v) is 4.58. The van der Waals surface area contributed by atoms with E-state index in [1.54, 1.807) is 0 Å². The van der Waals surface area contributed by atoms with Crippen LogP contribution >= 0.6 is 15.9 Å². The molecule has 1 heterocycles. The lowest BCUT2D eigenvalue weighted by Gasteiger charge is -2.14. The fraction of sp³-hybridized carbons (Fsp3) is 0.556. The van der Waals surface area contributed by atoms with Crippen LogP contribution in [0.4, 0.5) is 0 Å². The zero-order valence-electron chi connectivity index (χ0n) is 9.51. The molecule has 0 radical (unpaired) electrons. The molecule has 0 aliphatic carbocycles. The predicted molar refractivity (Wildman–Crippen MR) is 66.6 cm³/mol. The van der Waals surface area contributed by atoms with E-state index in [0.29, 0.717) is 12.8 Å². The van der Waals surface area contributed by atoms with Crippen LogP contribution in [0.5, 0.6) is 0 Å². The summed E-state index contributed by atoms with van der Waals surface area (Å²) in [5.74, 6) is 2.44. The Morgan fingerprint density at radius 1 is 1.65 bits per heavy atom. The van der Waals surface area contributed by atoms with Crippen LogP contribution in [0.25, 0.3) is 0 Å². The fourth-order valence-corrected chi connectivity index (χ4v) is 3.71. The highest BCUT2D eigenvalue weighted by molar-refractivity contribution is 9.10. The van der Waals surface area contributed by atoms with Crippen molar-refractivity contribution in [1.29, 1.82) is 0 Å². The molecule has 0 bridgehead atoms. The third kappa shape index (κ3) is 3.28. The Bertz CT molecular complexity index is 512. The molecule has 0 aromatic carbocycles. The fourth-order valence-electron chi connectivity index (χ4n) is 1.29. The van der Waals surface area contributed by atoms with Crippen molar-refractivity contribution >= 4 is 26.0 Å². The number of aromatic nitrogens is 3. The third-order valence-electron chi connectivity index (χ3n) is 2.17. The second-order valence-electron chi connectivity index (χ2n) is 3.44. The first-order chi connectivity index (χ1) is 7.92. The standard InChI is InChI=1S/C9H13BrN4O2S/c1-4-6-7(5-2)12-17(15,16)9-8(10)11-13-14(9)3/h1,7,12H,5-6H2,2-3H3. The van der Waals surface area contributed by atoms with Crippen molar-refractivity contribution in [3.8, 4) is 12.3 Å². The number of halogens is 1. The molecule has 0 saturated heterocycles. The quantitative estimate of drug-likeness (QED) is 0.808. The van der Waals surface area contributed by atoms with Gasteiger partial charge in [-0.3, -0.25) is 0 Å². The number of aryl methyl sites for hydroxylation is 1. The second-order valence-corrected chi connectivity index (χ2v) is 5.82. The van der Waals surface area contributed by atoms with E-state index in [2.05, 4.69) is 36.9 Å². The molecule has 1 unspecified atom stereocenters. The maximum Gasteiger partial charge on any atom is 0.260 e. The molecule has 1 aromatic heterocycles. The predicted octanol–water partition coefficient (Wildman–Crippen LogP) is 0.658. The lowest BCUT2D eigenvalue weighted by atomic mass is 10.2. The molecule has 94 valence electrons. The number of nitrogens with one attached hydrogen (secondary N) is 1. The zero-order valence-corrected chi connectivity index (χ0v) is 11.9. The Kier molecular flexibility index (Phi) is 4.68. The van der Waals surface area contributed by atoms with E-state index >= 15 is 0 Å². The Morgan fingerprint density at radius 2 is 2.29 bits per heavy atom. The summed E-state index contributed by atoms with van der Waals surface area (Å²) >= 11 is 3.05. The van der Waals surface area contributed by atoms with Crippen molar-refractivity contribution in [1.82, 2.24) is 19.7 Å². The molecule has 6 nitrogen and oxygen atoms in total. The van der Waals surface area contributed by atoms with Crippen LogP contribution in [0, 0.1) is 12.3 Å².